The number of benzene rings is 4. The highest BCUT2D eigenvalue weighted by atomic mass is 16.5. The SMILES string of the molecule is C(#C[B-](c1ccccc1)(c1ccccc1)c1ccccc1)CCCOCc1ccccc1.C[N+](C)(C)C. The molecule has 0 saturated heterocycles. The van der Waals surface area contributed by atoms with Gasteiger partial charge in [-0.25, -0.2) is 0 Å². The average molecular weight is 490 g/mol. The van der Waals surface area contributed by atoms with Gasteiger partial charge in [-0.05, 0) is 12.0 Å². The molecule has 0 N–H and O–H groups in total. The second kappa shape index (κ2) is 14.2. The van der Waals surface area contributed by atoms with Crippen molar-refractivity contribution in [2.45, 2.75) is 19.4 Å². The Morgan fingerprint density at radius 2 is 0.973 bits per heavy atom. The average Bonchev–Trinajstić information content (AvgIpc) is 2.92. The van der Waals surface area contributed by atoms with Gasteiger partial charge >= 0.3 is 0 Å². The highest BCUT2D eigenvalue weighted by Crippen LogP contribution is 2.08. The van der Waals surface area contributed by atoms with Gasteiger partial charge in [0.15, 0.2) is 0 Å². The Morgan fingerprint density at radius 1 is 0.595 bits per heavy atom. The molecular formula is C34H40BNO. The lowest BCUT2D eigenvalue weighted by Gasteiger charge is -2.38. The van der Waals surface area contributed by atoms with E-state index in [0.29, 0.717) is 13.2 Å². The van der Waals surface area contributed by atoms with Crippen LogP contribution in [-0.4, -0.2) is 45.4 Å². The minimum absolute atomic E-state index is 0.653. The minimum atomic E-state index is -1.38. The van der Waals surface area contributed by atoms with E-state index in [4.69, 9.17) is 4.74 Å². The second-order valence-electron chi connectivity index (χ2n) is 10.7. The zero-order valence-corrected chi connectivity index (χ0v) is 22.8. The van der Waals surface area contributed by atoms with Crippen molar-refractivity contribution in [3.8, 4) is 11.7 Å². The Bertz CT molecular complexity index is 1120. The second-order valence-corrected chi connectivity index (χ2v) is 10.7. The van der Waals surface area contributed by atoms with Crippen molar-refractivity contribution < 1.29 is 9.22 Å². The van der Waals surface area contributed by atoms with Gasteiger partial charge in [0.05, 0.1) is 34.8 Å². The molecule has 0 unspecified atom stereocenters. The highest BCUT2D eigenvalue weighted by Gasteiger charge is 2.27. The Kier molecular flexibility index (Phi) is 10.8. The molecule has 37 heavy (non-hydrogen) atoms. The maximum absolute atomic E-state index is 5.84. The van der Waals surface area contributed by atoms with E-state index in [9.17, 15) is 0 Å². The van der Waals surface area contributed by atoms with Crippen LogP contribution < -0.4 is 16.4 Å². The van der Waals surface area contributed by atoms with Crippen LogP contribution in [0.4, 0.5) is 0 Å². The lowest BCUT2D eigenvalue weighted by Crippen LogP contribution is -2.66. The molecule has 0 amide bonds. The molecule has 2 nitrogen and oxygen atoms in total. The molecule has 0 aromatic heterocycles. The first-order valence-electron chi connectivity index (χ1n) is 13.1. The molecule has 0 aliphatic rings. The summed E-state index contributed by atoms with van der Waals surface area (Å²) in [6, 6.07) is 42.4. The molecule has 4 aromatic carbocycles. The molecule has 4 rings (SSSR count). The van der Waals surface area contributed by atoms with Crippen LogP contribution >= 0.6 is 0 Å². The summed E-state index contributed by atoms with van der Waals surface area (Å²) in [5.74, 6) is 7.27. The van der Waals surface area contributed by atoms with E-state index in [2.05, 4.69) is 143 Å². The van der Waals surface area contributed by atoms with Crippen molar-refractivity contribution in [3.05, 3.63) is 127 Å². The van der Waals surface area contributed by atoms with E-state index in [1.165, 1.54) is 22.0 Å². The predicted octanol–water partition coefficient (Wildman–Crippen LogP) is 5.02. The zero-order chi connectivity index (χ0) is 26.4. The number of hydrogen-bond donors (Lipinski definition) is 0. The third-order valence-electron chi connectivity index (χ3n) is 5.92. The predicted molar refractivity (Wildman–Crippen MR) is 161 cm³/mol. The summed E-state index contributed by atoms with van der Waals surface area (Å²) in [5, 5.41) is 0. The first-order valence-corrected chi connectivity index (χ1v) is 13.1. The molecule has 0 atom stereocenters. The largest absolute Gasteiger partial charge is 0.377 e. The van der Waals surface area contributed by atoms with E-state index in [0.717, 1.165) is 17.3 Å². The molecule has 190 valence electrons. The van der Waals surface area contributed by atoms with Crippen LogP contribution in [0.2, 0.25) is 0 Å². The molecule has 0 radical (unpaired) electrons. The van der Waals surface area contributed by atoms with E-state index in [1.54, 1.807) is 0 Å². The Morgan fingerprint density at radius 3 is 1.38 bits per heavy atom. The van der Waals surface area contributed by atoms with Crippen LogP contribution in [0.3, 0.4) is 0 Å². The fraction of sp³-hybridized carbons (Fsp3) is 0.235. The zero-order valence-electron chi connectivity index (χ0n) is 22.8. The lowest BCUT2D eigenvalue weighted by atomic mass is 9.16. The van der Waals surface area contributed by atoms with Crippen LogP contribution in [0, 0.1) is 11.7 Å². The van der Waals surface area contributed by atoms with Crippen LogP contribution in [-0.2, 0) is 11.3 Å². The summed E-state index contributed by atoms with van der Waals surface area (Å²) in [6.45, 7) is 1.37. The van der Waals surface area contributed by atoms with Crippen molar-refractivity contribution in [2.75, 3.05) is 34.8 Å². The number of ether oxygens (including phenoxy) is 1. The molecule has 0 fully saturated rings. The Balaban J connectivity index is 0.000000695. The van der Waals surface area contributed by atoms with E-state index in [-0.39, 0.29) is 0 Å². The molecular weight excluding hydrogens is 449 g/mol. The summed E-state index contributed by atoms with van der Waals surface area (Å²) in [4.78, 5) is 0. The van der Waals surface area contributed by atoms with Gasteiger partial charge in [0.1, 0.15) is 6.15 Å². The van der Waals surface area contributed by atoms with Gasteiger partial charge in [-0.3, -0.25) is 5.82 Å². The normalized spacial score (nSPS) is 11.0. The Labute approximate surface area is 224 Å². The van der Waals surface area contributed by atoms with Crippen molar-refractivity contribution in [1.82, 2.24) is 0 Å². The van der Waals surface area contributed by atoms with Gasteiger partial charge in [-0.2, -0.15) is 16.4 Å². The molecule has 0 heterocycles. The van der Waals surface area contributed by atoms with Crippen molar-refractivity contribution >= 4 is 22.5 Å². The fourth-order valence-electron chi connectivity index (χ4n) is 4.30. The first kappa shape index (κ1) is 28.0. The van der Waals surface area contributed by atoms with Crippen molar-refractivity contribution in [1.29, 1.82) is 0 Å². The van der Waals surface area contributed by atoms with Crippen molar-refractivity contribution in [3.63, 3.8) is 0 Å². The molecule has 0 spiro atoms. The van der Waals surface area contributed by atoms with Crippen LogP contribution in [0.25, 0.3) is 0 Å². The summed E-state index contributed by atoms with van der Waals surface area (Å²) < 4.78 is 6.84. The van der Waals surface area contributed by atoms with E-state index in [1.807, 2.05) is 18.2 Å². The van der Waals surface area contributed by atoms with Crippen LogP contribution in [0.15, 0.2) is 121 Å². The number of nitrogens with zero attached hydrogens (tertiary/aromatic N) is 1. The van der Waals surface area contributed by atoms with Gasteiger partial charge in [0, 0.05) is 13.0 Å². The highest BCUT2D eigenvalue weighted by molar-refractivity contribution is 7.16. The standard InChI is InChI=1S/C30H28BO.C4H12N/c1-6-16-27(17-7-1)26-32-25-15-5-14-24-31(28-18-8-2-9-19-28,29-20-10-3-11-21-29)30-22-12-4-13-23-30;1-5(2,3)4/h1-4,6-13,16-23H,5,15,25-26H2;1-4H3/q-1;+1. The molecule has 0 bridgehead atoms. The van der Waals surface area contributed by atoms with E-state index >= 15 is 0 Å². The number of hydrogen-bond acceptors (Lipinski definition) is 1. The summed E-state index contributed by atoms with van der Waals surface area (Å²) in [7, 11) is 8.50. The Hall–Kier alpha value is -3.58. The van der Waals surface area contributed by atoms with E-state index < -0.39 is 6.15 Å². The first-order chi connectivity index (χ1) is 17.9. The number of rotatable bonds is 8. The summed E-state index contributed by atoms with van der Waals surface area (Å²) in [5.41, 5.74) is 4.95. The summed E-state index contributed by atoms with van der Waals surface area (Å²) >= 11 is 0. The van der Waals surface area contributed by atoms with Gasteiger partial charge in [-0.15, -0.1) is 5.92 Å². The van der Waals surface area contributed by atoms with Gasteiger partial charge in [0.2, 0.25) is 0 Å². The van der Waals surface area contributed by atoms with Crippen LogP contribution in [0.1, 0.15) is 18.4 Å². The molecule has 0 aliphatic heterocycles. The molecule has 0 saturated carbocycles. The minimum Gasteiger partial charge on any atom is -0.377 e. The maximum atomic E-state index is 5.84. The third kappa shape index (κ3) is 9.10. The quantitative estimate of drug-likeness (QED) is 0.146. The molecule has 4 aromatic rings. The fourth-order valence-corrected chi connectivity index (χ4v) is 4.30. The topological polar surface area (TPSA) is 9.23 Å². The van der Waals surface area contributed by atoms with Crippen molar-refractivity contribution in [2.24, 2.45) is 0 Å². The van der Waals surface area contributed by atoms with Gasteiger partial charge in [-0.1, -0.05) is 121 Å². The van der Waals surface area contributed by atoms with Gasteiger partial charge in [0.25, 0.3) is 0 Å². The van der Waals surface area contributed by atoms with Crippen LogP contribution in [0.5, 0.6) is 0 Å². The summed E-state index contributed by atoms with van der Waals surface area (Å²) in [6.07, 6.45) is 0.352. The molecule has 0 aliphatic carbocycles. The molecule has 3 heteroatoms. The lowest BCUT2D eigenvalue weighted by molar-refractivity contribution is -0.849. The monoisotopic (exact) mass is 489 g/mol. The number of unbranched alkanes of at least 4 members (excludes halogenated alkanes) is 1. The maximum Gasteiger partial charge on any atom is 0.149 e. The van der Waals surface area contributed by atoms with Gasteiger partial charge < -0.3 is 9.22 Å². The smallest absolute Gasteiger partial charge is 0.149 e. The number of quaternary nitrogens is 1. The third-order valence-corrected chi connectivity index (χ3v) is 5.92.